The van der Waals surface area contributed by atoms with Crippen molar-refractivity contribution in [3.8, 4) is 0 Å². The first-order valence-corrected chi connectivity index (χ1v) is 8.63. The van der Waals surface area contributed by atoms with E-state index in [-0.39, 0.29) is 30.7 Å². The molecule has 2 amide bonds. The van der Waals surface area contributed by atoms with Gasteiger partial charge in [-0.15, -0.1) is 0 Å². The van der Waals surface area contributed by atoms with E-state index in [0.29, 0.717) is 0 Å². The number of amides is 2. The topological polar surface area (TPSA) is 92.3 Å². The lowest BCUT2D eigenvalue weighted by molar-refractivity contribution is -0.124. The van der Waals surface area contributed by atoms with Crippen LogP contribution >= 0.6 is 0 Å². The quantitative estimate of drug-likeness (QED) is 0.694. The van der Waals surface area contributed by atoms with Gasteiger partial charge in [-0.1, -0.05) is 41.2 Å². The van der Waals surface area contributed by atoms with Crippen LogP contribution in [0.3, 0.4) is 0 Å². The number of hydrogen-bond donors (Lipinski definition) is 2. The van der Waals surface area contributed by atoms with E-state index in [1.165, 1.54) is 0 Å². The number of carbonyl (C=O) groups excluding carboxylic acids is 2. The highest BCUT2D eigenvalue weighted by molar-refractivity contribution is 7.94. The molecule has 21 heavy (non-hydrogen) atoms. The number of carbonyl (C=O) groups is 2. The largest absolute Gasteiger partial charge is 0.339 e. The fraction of sp³-hybridized carbons (Fsp3) is 0.714. The first kappa shape index (κ1) is 21.9. The van der Waals surface area contributed by atoms with Crippen LogP contribution < -0.4 is 10.6 Å². The molecule has 0 aromatic heterocycles. The molecule has 0 radical (unpaired) electrons. The molecule has 6 nitrogen and oxygen atoms in total. The molecule has 0 unspecified atom stereocenters. The zero-order valence-corrected chi connectivity index (χ0v) is 14.4. The first-order valence-electron chi connectivity index (χ1n) is 6.91. The highest BCUT2D eigenvalue weighted by atomic mass is 32.2. The number of rotatable bonds is 7. The highest BCUT2D eigenvalue weighted by Gasteiger charge is 2.10. The zero-order chi connectivity index (χ0) is 17.1. The summed E-state index contributed by atoms with van der Waals surface area (Å²) in [5, 5.41) is 5.70. The Kier molecular flexibility index (Phi) is 11.8. The third-order valence-electron chi connectivity index (χ3n) is 1.94. The third kappa shape index (κ3) is 16.6. The third-order valence-corrected chi connectivity index (χ3v) is 3.22. The molecule has 2 N–H and O–H groups in total. The molecule has 0 aromatic carbocycles. The molecule has 0 spiro atoms. The lowest BCUT2D eigenvalue weighted by Crippen LogP contribution is -2.39. The van der Waals surface area contributed by atoms with Crippen molar-refractivity contribution >= 4 is 21.7 Å². The van der Waals surface area contributed by atoms with Crippen LogP contribution in [0.25, 0.3) is 0 Å². The number of hydrogen-bond acceptors (Lipinski definition) is 4. The summed E-state index contributed by atoms with van der Waals surface area (Å²) in [6, 6.07) is 0. The van der Waals surface area contributed by atoms with Gasteiger partial charge in [-0.2, -0.15) is 0 Å². The lowest BCUT2D eigenvalue weighted by atomic mass is 10.2. The zero-order valence-electron chi connectivity index (χ0n) is 13.6. The molecule has 0 aliphatic carbocycles. The average Bonchev–Trinajstić information content (AvgIpc) is 2.35. The van der Waals surface area contributed by atoms with Gasteiger partial charge in [0.25, 0.3) is 0 Å². The maximum absolute atomic E-state index is 11.2. The van der Waals surface area contributed by atoms with E-state index < -0.39 is 15.7 Å². The molecular weight excluding hydrogens is 292 g/mol. The van der Waals surface area contributed by atoms with Crippen LogP contribution in [0.15, 0.2) is 12.0 Å². The van der Waals surface area contributed by atoms with E-state index in [1.807, 2.05) is 0 Å². The summed E-state index contributed by atoms with van der Waals surface area (Å²) in [5.74, 6) is -0.211. The molecule has 0 aliphatic heterocycles. The van der Waals surface area contributed by atoms with E-state index in [9.17, 15) is 18.0 Å². The van der Waals surface area contributed by atoms with Gasteiger partial charge in [-0.05, 0) is 5.92 Å². The number of sulfone groups is 1. The minimum absolute atomic E-state index is 0.00395. The Morgan fingerprint density at radius 2 is 1.57 bits per heavy atom. The van der Waals surface area contributed by atoms with Gasteiger partial charge in [-0.25, -0.2) is 8.42 Å². The van der Waals surface area contributed by atoms with Crippen LogP contribution in [0.4, 0.5) is 0 Å². The smallest absolute Gasteiger partial charge is 0.223 e. The highest BCUT2D eigenvalue weighted by Crippen LogP contribution is 1.94. The van der Waals surface area contributed by atoms with Crippen molar-refractivity contribution in [2.75, 3.05) is 12.4 Å². The molecule has 0 fully saturated rings. The van der Waals surface area contributed by atoms with E-state index in [2.05, 4.69) is 38.0 Å². The molecule has 0 heterocycles. The molecule has 0 bridgehead atoms. The Morgan fingerprint density at radius 3 is 1.95 bits per heavy atom. The Balaban J connectivity index is 0. The predicted octanol–water partition coefficient (Wildman–Crippen LogP) is 1.44. The van der Waals surface area contributed by atoms with Gasteiger partial charge in [0.2, 0.25) is 11.8 Å². The van der Waals surface area contributed by atoms with Gasteiger partial charge in [0.05, 0.1) is 12.4 Å². The Hall–Kier alpha value is -1.37. The number of nitrogens with one attached hydrogen (secondary N) is 2. The van der Waals surface area contributed by atoms with Gasteiger partial charge >= 0.3 is 0 Å². The normalized spacial score (nSPS) is 10.6. The van der Waals surface area contributed by atoms with E-state index in [0.717, 1.165) is 11.3 Å². The summed E-state index contributed by atoms with van der Waals surface area (Å²) >= 11 is 0. The van der Waals surface area contributed by atoms with Gasteiger partial charge in [0.15, 0.2) is 9.84 Å². The van der Waals surface area contributed by atoms with Crippen molar-refractivity contribution in [2.45, 2.75) is 41.0 Å². The van der Waals surface area contributed by atoms with Crippen LogP contribution in [0.2, 0.25) is 0 Å². The van der Waals surface area contributed by atoms with Crippen LogP contribution in [0.5, 0.6) is 0 Å². The monoisotopic (exact) mass is 320 g/mol. The van der Waals surface area contributed by atoms with Crippen molar-refractivity contribution in [2.24, 2.45) is 11.8 Å². The van der Waals surface area contributed by atoms with Gasteiger partial charge in [0, 0.05) is 17.7 Å². The second kappa shape index (κ2) is 11.3. The minimum Gasteiger partial charge on any atom is -0.339 e. The molecule has 0 atom stereocenters. The first-order chi connectivity index (χ1) is 9.51. The van der Waals surface area contributed by atoms with Crippen LogP contribution in [-0.2, 0) is 19.4 Å². The Morgan fingerprint density at radius 1 is 1.10 bits per heavy atom. The molecule has 0 aromatic rings. The predicted molar refractivity (Wildman–Crippen MR) is 85.1 cm³/mol. The van der Waals surface area contributed by atoms with E-state index in [4.69, 9.17) is 0 Å². The average molecular weight is 320 g/mol. The van der Waals surface area contributed by atoms with Gasteiger partial charge in [0.1, 0.15) is 0 Å². The fourth-order valence-electron chi connectivity index (χ4n) is 0.841. The van der Waals surface area contributed by atoms with Crippen molar-refractivity contribution in [3.05, 3.63) is 12.0 Å². The summed E-state index contributed by atoms with van der Waals surface area (Å²) in [6.45, 7) is 13.1. The lowest BCUT2D eigenvalue weighted by Gasteiger charge is -2.08. The van der Waals surface area contributed by atoms with Crippen LogP contribution in [0, 0.1) is 11.8 Å². The van der Waals surface area contributed by atoms with Crippen LogP contribution in [0.1, 0.15) is 41.0 Å². The van der Waals surface area contributed by atoms with E-state index in [1.54, 1.807) is 13.8 Å². The van der Waals surface area contributed by atoms with Crippen molar-refractivity contribution in [1.82, 2.24) is 10.6 Å². The molecular formula is C14H28N2O4S. The second-order valence-electron chi connectivity index (χ2n) is 5.49. The van der Waals surface area contributed by atoms with Gasteiger partial charge < -0.3 is 10.6 Å². The fourth-order valence-corrected chi connectivity index (χ4v) is 1.48. The second-order valence-corrected chi connectivity index (χ2v) is 7.56. The van der Waals surface area contributed by atoms with Crippen molar-refractivity contribution in [1.29, 1.82) is 0 Å². The molecule has 124 valence electrons. The van der Waals surface area contributed by atoms with E-state index >= 15 is 0 Å². The summed E-state index contributed by atoms with van der Waals surface area (Å²) in [6.07, 6.45) is -0.147. The molecule has 7 heteroatoms. The van der Waals surface area contributed by atoms with Gasteiger partial charge in [-0.3, -0.25) is 9.59 Å². The summed E-state index contributed by atoms with van der Waals surface area (Å²) in [4.78, 5) is 22.3. The molecule has 0 saturated carbocycles. The summed E-state index contributed by atoms with van der Waals surface area (Å²) in [5.41, 5.74) is 0. The Bertz CT molecular complexity index is 426. The SMILES string of the molecule is C=CS(=O)(=O)CCC(=O)NCNC(=O)C(C)C.CC(C)C. The minimum atomic E-state index is -3.35. The summed E-state index contributed by atoms with van der Waals surface area (Å²) in [7, 11) is -3.35. The maximum atomic E-state index is 11.2. The molecule has 0 aliphatic rings. The molecule has 0 rings (SSSR count). The standard InChI is InChI=1S/C10H18N2O4S.C4H10/c1-4-17(15,16)6-5-9(13)11-7-12-10(14)8(2)3;1-4(2)3/h4,8H,1,5-7H2,2-3H3,(H,11,13)(H,12,14);4H,1-3H3. The Labute approximate surface area is 128 Å². The van der Waals surface area contributed by atoms with Crippen molar-refractivity contribution < 1.29 is 18.0 Å². The maximum Gasteiger partial charge on any atom is 0.223 e. The van der Waals surface area contributed by atoms with Crippen molar-refractivity contribution in [3.63, 3.8) is 0 Å². The summed E-state index contributed by atoms with van der Waals surface area (Å²) < 4.78 is 22.0. The van der Waals surface area contributed by atoms with Crippen LogP contribution in [-0.4, -0.2) is 32.7 Å². The molecule has 0 saturated heterocycles.